The summed E-state index contributed by atoms with van der Waals surface area (Å²) in [5.74, 6) is 0.311. The van der Waals surface area contributed by atoms with Gasteiger partial charge < -0.3 is 15.4 Å². The highest BCUT2D eigenvalue weighted by molar-refractivity contribution is 5.72. The van der Waals surface area contributed by atoms with Crippen molar-refractivity contribution in [3.05, 3.63) is 36.0 Å². The van der Waals surface area contributed by atoms with Crippen LogP contribution in [0.4, 0.5) is 5.88 Å². The van der Waals surface area contributed by atoms with Crippen molar-refractivity contribution >= 4 is 5.88 Å². The van der Waals surface area contributed by atoms with Gasteiger partial charge in [-0.2, -0.15) is 0 Å². The first-order valence-corrected chi connectivity index (χ1v) is 5.47. The molecule has 0 spiro atoms. The number of anilines is 1. The van der Waals surface area contributed by atoms with Crippen LogP contribution < -0.4 is 5.73 Å². The Hall–Kier alpha value is -1.81. The number of hydrogen-bond donors (Lipinski definition) is 2. The molecule has 0 saturated carbocycles. The first-order valence-electron chi connectivity index (χ1n) is 5.47. The Morgan fingerprint density at radius 2 is 2.18 bits per heavy atom. The smallest absolute Gasteiger partial charge is 0.229 e. The summed E-state index contributed by atoms with van der Waals surface area (Å²) in [5, 5.41) is 13.4. The number of aromatic nitrogens is 1. The number of benzene rings is 1. The van der Waals surface area contributed by atoms with E-state index in [1.807, 2.05) is 24.3 Å². The lowest BCUT2D eigenvalue weighted by atomic mass is 9.96. The van der Waals surface area contributed by atoms with Crippen LogP contribution in [0.5, 0.6) is 0 Å². The average molecular weight is 232 g/mol. The zero-order chi connectivity index (χ0) is 12.5. The van der Waals surface area contributed by atoms with Crippen LogP contribution >= 0.6 is 0 Å². The minimum atomic E-state index is -0.723. The summed E-state index contributed by atoms with van der Waals surface area (Å²) in [6.07, 6.45) is 2.19. The molecule has 17 heavy (non-hydrogen) atoms. The van der Waals surface area contributed by atoms with Crippen molar-refractivity contribution < 1.29 is 9.63 Å². The second-order valence-electron chi connectivity index (χ2n) is 4.79. The summed E-state index contributed by atoms with van der Waals surface area (Å²) >= 11 is 0. The number of hydrogen-bond acceptors (Lipinski definition) is 4. The van der Waals surface area contributed by atoms with E-state index in [4.69, 9.17) is 10.3 Å². The molecule has 0 amide bonds. The van der Waals surface area contributed by atoms with Crippen molar-refractivity contribution in [1.82, 2.24) is 5.16 Å². The topological polar surface area (TPSA) is 72.3 Å². The highest BCUT2D eigenvalue weighted by atomic mass is 16.5. The van der Waals surface area contributed by atoms with Gasteiger partial charge in [0.25, 0.3) is 0 Å². The summed E-state index contributed by atoms with van der Waals surface area (Å²) < 4.78 is 4.84. The van der Waals surface area contributed by atoms with Crippen LogP contribution in [0.1, 0.15) is 19.4 Å². The second-order valence-corrected chi connectivity index (χ2v) is 4.79. The third-order valence-electron chi connectivity index (χ3n) is 2.47. The molecule has 0 saturated heterocycles. The molecular formula is C13H16N2O2. The van der Waals surface area contributed by atoms with Gasteiger partial charge in [-0.25, -0.2) is 0 Å². The highest BCUT2D eigenvalue weighted by Crippen LogP contribution is 2.26. The second kappa shape index (κ2) is 4.22. The Balaban J connectivity index is 2.32. The molecular weight excluding hydrogens is 216 g/mol. The first kappa shape index (κ1) is 11.7. The van der Waals surface area contributed by atoms with E-state index in [1.165, 1.54) is 0 Å². The van der Waals surface area contributed by atoms with E-state index in [0.29, 0.717) is 12.3 Å². The SMILES string of the molecule is CC(C)(O)Cc1cccc(-c2cnoc2N)c1. The van der Waals surface area contributed by atoms with Gasteiger partial charge in [0.15, 0.2) is 0 Å². The third-order valence-corrected chi connectivity index (χ3v) is 2.47. The Labute approximate surface area is 100 Å². The molecule has 4 nitrogen and oxygen atoms in total. The van der Waals surface area contributed by atoms with Crippen molar-refractivity contribution in [3.8, 4) is 11.1 Å². The standard InChI is InChI=1S/C13H16N2O2/c1-13(2,16)7-9-4-3-5-10(6-9)11-8-15-17-12(11)14/h3-6,8,16H,7,14H2,1-2H3. The molecule has 4 heteroatoms. The summed E-state index contributed by atoms with van der Waals surface area (Å²) in [6, 6.07) is 7.84. The van der Waals surface area contributed by atoms with Crippen LogP contribution in [0.2, 0.25) is 0 Å². The largest absolute Gasteiger partial charge is 0.390 e. The van der Waals surface area contributed by atoms with Gasteiger partial charge in [-0.3, -0.25) is 0 Å². The van der Waals surface area contributed by atoms with Crippen molar-refractivity contribution in [1.29, 1.82) is 0 Å². The maximum Gasteiger partial charge on any atom is 0.229 e. The molecule has 0 atom stereocenters. The lowest BCUT2D eigenvalue weighted by molar-refractivity contribution is 0.0810. The molecule has 1 heterocycles. The molecule has 1 aromatic heterocycles. The Kier molecular flexibility index (Phi) is 2.90. The van der Waals surface area contributed by atoms with Crippen LogP contribution in [-0.4, -0.2) is 15.9 Å². The van der Waals surface area contributed by atoms with Crippen LogP contribution in [0.25, 0.3) is 11.1 Å². The van der Waals surface area contributed by atoms with Gasteiger partial charge in [0.2, 0.25) is 5.88 Å². The molecule has 0 fully saturated rings. The van der Waals surface area contributed by atoms with Crippen molar-refractivity contribution in [2.75, 3.05) is 5.73 Å². The van der Waals surface area contributed by atoms with Crippen molar-refractivity contribution in [3.63, 3.8) is 0 Å². The summed E-state index contributed by atoms with van der Waals surface area (Å²) in [6.45, 7) is 3.57. The Morgan fingerprint density at radius 1 is 1.41 bits per heavy atom. The minimum absolute atomic E-state index is 0.311. The molecule has 0 bridgehead atoms. The van der Waals surface area contributed by atoms with E-state index in [1.54, 1.807) is 20.0 Å². The lowest BCUT2D eigenvalue weighted by Crippen LogP contribution is -2.21. The molecule has 0 aliphatic heterocycles. The average Bonchev–Trinajstić information content (AvgIpc) is 2.62. The number of nitrogen functional groups attached to an aromatic ring is 1. The van der Waals surface area contributed by atoms with Crippen LogP contribution in [0.15, 0.2) is 35.0 Å². The highest BCUT2D eigenvalue weighted by Gasteiger charge is 2.14. The number of aliphatic hydroxyl groups is 1. The zero-order valence-electron chi connectivity index (χ0n) is 9.97. The van der Waals surface area contributed by atoms with E-state index in [-0.39, 0.29) is 0 Å². The molecule has 90 valence electrons. The van der Waals surface area contributed by atoms with E-state index in [2.05, 4.69) is 5.16 Å². The summed E-state index contributed by atoms with van der Waals surface area (Å²) in [7, 11) is 0. The van der Waals surface area contributed by atoms with E-state index >= 15 is 0 Å². The fourth-order valence-corrected chi connectivity index (χ4v) is 1.81. The first-order chi connectivity index (χ1) is 7.96. The number of nitrogens with two attached hydrogens (primary N) is 1. The van der Waals surface area contributed by atoms with E-state index < -0.39 is 5.60 Å². The lowest BCUT2D eigenvalue weighted by Gasteiger charge is -2.17. The van der Waals surface area contributed by atoms with E-state index in [9.17, 15) is 5.11 Å². The predicted octanol–water partition coefficient (Wildman–Crippen LogP) is 2.24. The van der Waals surface area contributed by atoms with Crippen LogP contribution in [0.3, 0.4) is 0 Å². The molecule has 2 aromatic rings. The molecule has 0 unspecified atom stereocenters. The van der Waals surface area contributed by atoms with Gasteiger partial charge in [-0.15, -0.1) is 0 Å². The van der Waals surface area contributed by atoms with Crippen LogP contribution in [-0.2, 0) is 6.42 Å². The summed E-state index contributed by atoms with van der Waals surface area (Å²) in [5.41, 5.74) is 7.73. The maximum atomic E-state index is 9.79. The zero-order valence-corrected chi connectivity index (χ0v) is 9.97. The van der Waals surface area contributed by atoms with Crippen LogP contribution in [0, 0.1) is 0 Å². The van der Waals surface area contributed by atoms with Crippen molar-refractivity contribution in [2.45, 2.75) is 25.9 Å². The monoisotopic (exact) mass is 232 g/mol. The normalized spacial score (nSPS) is 11.7. The van der Waals surface area contributed by atoms with Crippen molar-refractivity contribution in [2.24, 2.45) is 0 Å². The molecule has 0 radical (unpaired) electrons. The Bertz CT molecular complexity index is 512. The molecule has 0 aliphatic rings. The minimum Gasteiger partial charge on any atom is -0.390 e. The van der Waals surface area contributed by atoms with Gasteiger partial charge in [0, 0.05) is 6.42 Å². The Morgan fingerprint density at radius 3 is 2.76 bits per heavy atom. The molecule has 0 aliphatic carbocycles. The van der Waals surface area contributed by atoms with Gasteiger partial charge in [-0.1, -0.05) is 29.4 Å². The van der Waals surface area contributed by atoms with Gasteiger partial charge in [-0.05, 0) is 25.0 Å². The quantitative estimate of drug-likeness (QED) is 0.851. The number of nitrogens with zero attached hydrogens (tertiary/aromatic N) is 1. The third kappa shape index (κ3) is 2.85. The fraction of sp³-hybridized carbons (Fsp3) is 0.308. The van der Waals surface area contributed by atoms with Gasteiger partial charge >= 0.3 is 0 Å². The molecule has 3 N–H and O–H groups in total. The molecule has 2 rings (SSSR count). The van der Waals surface area contributed by atoms with Gasteiger partial charge in [0.1, 0.15) is 0 Å². The fourth-order valence-electron chi connectivity index (χ4n) is 1.81. The van der Waals surface area contributed by atoms with Gasteiger partial charge in [0.05, 0.1) is 17.4 Å². The maximum absolute atomic E-state index is 9.79. The molecule has 1 aromatic carbocycles. The number of rotatable bonds is 3. The predicted molar refractivity (Wildman–Crippen MR) is 66.4 cm³/mol. The van der Waals surface area contributed by atoms with E-state index in [0.717, 1.165) is 16.7 Å². The summed E-state index contributed by atoms with van der Waals surface area (Å²) in [4.78, 5) is 0.